The second kappa shape index (κ2) is 6.47. The quantitative estimate of drug-likeness (QED) is 0.480. The first-order valence-corrected chi connectivity index (χ1v) is 9.14. The molecule has 3 heterocycles. The van der Waals surface area contributed by atoms with Crippen LogP contribution in [0.15, 0.2) is 34.9 Å². The maximum Gasteiger partial charge on any atom is 0.417 e. The Hall–Kier alpha value is -2.16. The van der Waals surface area contributed by atoms with Gasteiger partial charge in [-0.2, -0.15) is 17.6 Å². The first kappa shape index (κ1) is 18.2. The van der Waals surface area contributed by atoms with E-state index in [0.29, 0.717) is 18.4 Å². The van der Waals surface area contributed by atoms with Crippen LogP contribution < -0.4 is 5.32 Å². The molecule has 2 amide bonds. The Morgan fingerprint density at radius 1 is 1.26 bits per heavy atom. The van der Waals surface area contributed by atoms with Crippen LogP contribution in [0.25, 0.3) is 0 Å². The average Bonchev–Trinajstić information content (AvgIpc) is 2.90. The van der Waals surface area contributed by atoms with E-state index in [1.165, 1.54) is 18.3 Å². The van der Waals surface area contributed by atoms with Crippen LogP contribution in [0.2, 0.25) is 0 Å². The van der Waals surface area contributed by atoms with Crippen molar-refractivity contribution in [3.8, 4) is 0 Å². The number of halogens is 5. The summed E-state index contributed by atoms with van der Waals surface area (Å²) in [5.41, 5.74) is 0.743. The number of hydrogen-bond acceptors (Lipinski definition) is 2. The lowest BCUT2D eigenvalue weighted by Gasteiger charge is -2.36. The molecule has 1 aromatic carbocycles. The first-order valence-electron chi connectivity index (χ1n) is 8.35. The molecule has 0 unspecified atom stereocenters. The predicted molar refractivity (Wildman–Crippen MR) is 93.7 cm³/mol. The Balaban J connectivity index is 1.57. The summed E-state index contributed by atoms with van der Waals surface area (Å²) in [7, 11) is 0. The number of urea groups is 1. The van der Waals surface area contributed by atoms with E-state index < -0.39 is 23.7 Å². The van der Waals surface area contributed by atoms with E-state index in [1.807, 2.05) is 0 Å². The molecule has 0 saturated carbocycles. The molecule has 27 heavy (non-hydrogen) atoms. The highest BCUT2D eigenvalue weighted by atomic mass is 79.9. The minimum absolute atomic E-state index is 0.145. The van der Waals surface area contributed by atoms with Gasteiger partial charge in [0.1, 0.15) is 0 Å². The number of rotatable bonds is 1. The molecule has 2 aliphatic rings. The van der Waals surface area contributed by atoms with E-state index in [9.17, 15) is 22.4 Å². The van der Waals surface area contributed by atoms with Gasteiger partial charge in [-0.15, -0.1) is 0 Å². The van der Waals surface area contributed by atoms with Crippen molar-refractivity contribution in [2.45, 2.75) is 37.5 Å². The van der Waals surface area contributed by atoms with Gasteiger partial charge in [-0.05, 0) is 49.1 Å². The van der Waals surface area contributed by atoms with Crippen LogP contribution in [-0.4, -0.2) is 22.0 Å². The van der Waals surface area contributed by atoms with Gasteiger partial charge in [-0.1, -0.05) is 15.9 Å². The molecule has 1 aromatic heterocycles. The summed E-state index contributed by atoms with van der Waals surface area (Å²) in [6.07, 6.45) is -1.26. The van der Waals surface area contributed by atoms with Crippen molar-refractivity contribution < 1.29 is 22.4 Å². The van der Waals surface area contributed by atoms with Gasteiger partial charge in [0.15, 0.2) is 0 Å². The lowest BCUT2D eigenvalue weighted by molar-refractivity contribution is -0.138. The fourth-order valence-electron chi connectivity index (χ4n) is 3.94. The molecule has 2 aliphatic heterocycles. The third-order valence-corrected chi connectivity index (χ3v) is 5.76. The van der Waals surface area contributed by atoms with Crippen LogP contribution in [0, 0.1) is 5.95 Å². The summed E-state index contributed by atoms with van der Waals surface area (Å²) in [6, 6.07) is 4.27. The first-order chi connectivity index (χ1) is 12.8. The van der Waals surface area contributed by atoms with E-state index in [0.717, 1.165) is 18.1 Å². The lowest BCUT2D eigenvalue weighted by atomic mass is 9.95. The number of nitrogens with zero attached hydrogens (tertiary/aromatic N) is 2. The Kier molecular flexibility index (Phi) is 4.37. The van der Waals surface area contributed by atoms with E-state index in [-0.39, 0.29) is 22.2 Å². The number of aromatic nitrogens is 1. The Morgan fingerprint density at radius 2 is 2.04 bits per heavy atom. The van der Waals surface area contributed by atoms with Crippen molar-refractivity contribution in [3.05, 3.63) is 57.6 Å². The van der Waals surface area contributed by atoms with Crippen LogP contribution in [-0.2, 0) is 12.6 Å². The number of alkyl halides is 3. The molecular formula is C18H14BrF4N3O. The highest BCUT2D eigenvalue weighted by molar-refractivity contribution is 9.10. The molecule has 0 spiro atoms. The fourth-order valence-corrected chi connectivity index (χ4v) is 4.54. The van der Waals surface area contributed by atoms with Gasteiger partial charge in [0.25, 0.3) is 0 Å². The largest absolute Gasteiger partial charge is 0.417 e. The minimum atomic E-state index is -4.48. The zero-order valence-electron chi connectivity index (χ0n) is 13.9. The second-order valence-electron chi connectivity index (χ2n) is 6.65. The number of carbonyl (C=O) groups is 1. The molecular weight excluding hydrogens is 430 g/mol. The number of fused-ring (bicyclic) bond motifs is 4. The molecule has 0 aliphatic carbocycles. The molecule has 1 N–H and O–H groups in total. The molecule has 4 rings (SSSR count). The zero-order valence-corrected chi connectivity index (χ0v) is 15.4. The van der Waals surface area contributed by atoms with Crippen LogP contribution in [0.5, 0.6) is 0 Å². The van der Waals surface area contributed by atoms with Crippen LogP contribution in [0.4, 0.5) is 28.0 Å². The molecule has 9 heteroatoms. The monoisotopic (exact) mass is 443 g/mol. The number of anilines is 1. The molecule has 0 radical (unpaired) electrons. The second-order valence-corrected chi connectivity index (χ2v) is 7.50. The molecule has 1 saturated heterocycles. The van der Waals surface area contributed by atoms with Gasteiger partial charge < -0.3 is 10.2 Å². The number of amides is 2. The zero-order chi connectivity index (χ0) is 19.3. The standard InChI is InChI=1S/C18H14BrF4N3O/c19-14-7-9(1-3-13(14)18(21,22)23)25-17(27)26-10-2-4-15(26)11-5-6-24-16(20)12(11)8-10/h1,3,5-7,10,15H,2,4,8H2,(H,25,27)/t10-,15+/m0/s1. The van der Waals surface area contributed by atoms with Gasteiger partial charge in [0, 0.05) is 28.0 Å². The summed E-state index contributed by atoms with van der Waals surface area (Å²) in [5.74, 6) is -0.504. The highest BCUT2D eigenvalue weighted by Gasteiger charge is 2.43. The minimum Gasteiger partial charge on any atom is -0.314 e. The SMILES string of the molecule is O=C(Nc1ccc(C(F)(F)F)c(Br)c1)N1[C@H]2CC[C@@H]1c1ccnc(F)c1C2. The van der Waals surface area contributed by atoms with Crippen molar-refractivity contribution in [3.63, 3.8) is 0 Å². The normalized spacial score (nSPS) is 21.1. The summed E-state index contributed by atoms with van der Waals surface area (Å²) in [5, 5.41) is 2.66. The average molecular weight is 444 g/mol. The Labute approximate surface area is 160 Å². The maximum atomic E-state index is 14.0. The van der Waals surface area contributed by atoms with Crippen LogP contribution in [0.3, 0.4) is 0 Å². The van der Waals surface area contributed by atoms with Gasteiger partial charge in [-0.25, -0.2) is 9.78 Å². The molecule has 2 atom stereocenters. The topological polar surface area (TPSA) is 45.2 Å². The van der Waals surface area contributed by atoms with E-state index in [2.05, 4.69) is 26.2 Å². The van der Waals surface area contributed by atoms with Crippen LogP contribution >= 0.6 is 15.9 Å². The van der Waals surface area contributed by atoms with E-state index >= 15 is 0 Å². The maximum absolute atomic E-state index is 14.0. The van der Waals surface area contributed by atoms with Gasteiger partial charge in [0.2, 0.25) is 5.95 Å². The lowest BCUT2D eigenvalue weighted by Crippen LogP contribution is -2.44. The fraction of sp³-hybridized carbons (Fsp3) is 0.333. The highest BCUT2D eigenvalue weighted by Crippen LogP contribution is 2.44. The third kappa shape index (κ3) is 3.18. The predicted octanol–water partition coefficient (Wildman–Crippen LogP) is 5.30. The van der Waals surface area contributed by atoms with Crippen molar-refractivity contribution in [2.24, 2.45) is 0 Å². The van der Waals surface area contributed by atoms with E-state index in [4.69, 9.17) is 0 Å². The summed E-state index contributed by atoms with van der Waals surface area (Å²) >= 11 is 2.90. The number of nitrogens with one attached hydrogen (secondary N) is 1. The summed E-state index contributed by atoms with van der Waals surface area (Å²) < 4.78 is 52.4. The Bertz CT molecular complexity index is 918. The number of hydrogen-bond donors (Lipinski definition) is 1. The molecule has 2 bridgehead atoms. The van der Waals surface area contributed by atoms with Gasteiger partial charge >= 0.3 is 12.2 Å². The smallest absolute Gasteiger partial charge is 0.314 e. The van der Waals surface area contributed by atoms with Crippen molar-refractivity contribution in [1.82, 2.24) is 9.88 Å². The van der Waals surface area contributed by atoms with E-state index in [1.54, 1.807) is 11.0 Å². The summed E-state index contributed by atoms with van der Waals surface area (Å²) in [4.78, 5) is 18.1. The molecule has 4 nitrogen and oxygen atoms in total. The summed E-state index contributed by atoms with van der Waals surface area (Å²) in [6.45, 7) is 0. The number of carbonyl (C=O) groups excluding carboxylic acids is 1. The third-order valence-electron chi connectivity index (χ3n) is 5.10. The van der Waals surface area contributed by atoms with Gasteiger partial charge in [0.05, 0.1) is 11.6 Å². The Morgan fingerprint density at radius 3 is 2.74 bits per heavy atom. The molecule has 1 fully saturated rings. The van der Waals surface area contributed by atoms with Crippen molar-refractivity contribution in [1.29, 1.82) is 0 Å². The number of benzene rings is 1. The van der Waals surface area contributed by atoms with Crippen molar-refractivity contribution in [2.75, 3.05) is 5.32 Å². The van der Waals surface area contributed by atoms with Crippen molar-refractivity contribution >= 4 is 27.6 Å². The van der Waals surface area contributed by atoms with Gasteiger partial charge in [-0.3, -0.25) is 0 Å². The van der Waals surface area contributed by atoms with Crippen LogP contribution in [0.1, 0.15) is 35.6 Å². The number of pyridine rings is 1. The molecule has 142 valence electrons. The molecule has 2 aromatic rings.